The van der Waals surface area contributed by atoms with Crippen LogP contribution in [0.25, 0.3) is 11.3 Å². The second kappa shape index (κ2) is 4.10. The van der Waals surface area contributed by atoms with Crippen molar-refractivity contribution in [1.29, 1.82) is 0 Å². The van der Waals surface area contributed by atoms with Crippen molar-refractivity contribution in [3.63, 3.8) is 0 Å². The molecule has 0 fully saturated rings. The molecule has 1 heterocycles. The Morgan fingerprint density at radius 2 is 1.81 bits per heavy atom. The Hall–Kier alpha value is -1.61. The van der Waals surface area contributed by atoms with Crippen LogP contribution in [0, 0.1) is 13.8 Å². The van der Waals surface area contributed by atoms with E-state index in [0.29, 0.717) is 5.82 Å². The maximum absolute atomic E-state index is 6.04. The second-order valence-corrected chi connectivity index (χ2v) is 4.17. The Balaban J connectivity index is 2.56. The average Bonchev–Trinajstić information content (AvgIpc) is 2.25. The highest BCUT2D eigenvalue weighted by atomic mass is 35.5. The van der Waals surface area contributed by atoms with Crippen LogP contribution in [-0.4, -0.2) is 10.2 Å². The number of anilines is 1. The van der Waals surface area contributed by atoms with Gasteiger partial charge in [-0.2, -0.15) is 0 Å². The molecule has 82 valence electrons. The summed E-state index contributed by atoms with van der Waals surface area (Å²) >= 11 is 6.04. The van der Waals surface area contributed by atoms with Gasteiger partial charge < -0.3 is 5.73 Å². The van der Waals surface area contributed by atoms with E-state index in [0.717, 1.165) is 27.4 Å². The highest BCUT2D eigenvalue weighted by Crippen LogP contribution is 2.27. The molecule has 0 aliphatic heterocycles. The zero-order chi connectivity index (χ0) is 11.7. The molecule has 0 saturated heterocycles. The fraction of sp³-hybridized carbons (Fsp3) is 0.167. The predicted octanol–water partition coefficient (Wildman–Crippen LogP) is 3.00. The molecular weight excluding hydrogens is 222 g/mol. The maximum Gasteiger partial charge on any atom is 0.146 e. The van der Waals surface area contributed by atoms with Gasteiger partial charge in [0, 0.05) is 10.6 Å². The largest absolute Gasteiger partial charge is 0.382 e. The van der Waals surface area contributed by atoms with Crippen molar-refractivity contribution in [2.24, 2.45) is 0 Å². The summed E-state index contributed by atoms with van der Waals surface area (Å²) in [5.41, 5.74) is 9.46. The molecule has 1 aromatic heterocycles. The number of aryl methyl sites for hydroxylation is 2. The number of nitrogen functional groups attached to an aromatic ring is 1. The zero-order valence-corrected chi connectivity index (χ0v) is 9.92. The first-order valence-electron chi connectivity index (χ1n) is 4.94. The molecule has 2 aromatic rings. The summed E-state index contributed by atoms with van der Waals surface area (Å²) in [4.78, 5) is 0. The molecule has 0 aliphatic rings. The Kier molecular flexibility index (Phi) is 2.79. The fourth-order valence-corrected chi connectivity index (χ4v) is 1.76. The lowest BCUT2D eigenvalue weighted by molar-refractivity contribution is 1.05. The van der Waals surface area contributed by atoms with E-state index in [9.17, 15) is 0 Å². The third-order valence-electron chi connectivity index (χ3n) is 2.47. The monoisotopic (exact) mass is 233 g/mol. The number of halogens is 1. The summed E-state index contributed by atoms with van der Waals surface area (Å²) < 4.78 is 0. The highest BCUT2D eigenvalue weighted by Gasteiger charge is 2.06. The first-order chi connectivity index (χ1) is 7.58. The fourth-order valence-electron chi connectivity index (χ4n) is 1.54. The van der Waals surface area contributed by atoms with E-state index in [4.69, 9.17) is 17.3 Å². The summed E-state index contributed by atoms with van der Waals surface area (Å²) in [6, 6.07) is 7.55. The van der Waals surface area contributed by atoms with Gasteiger partial charge in [0.25, 0.3) is 0 Å². The van der Waals surface area contributed by atoms with Crippen LogP contribution in [-0.2, 0) is 0 Å². The SMILES string of the molecule is Cc1cc(-c2ccc(N)nn2)c(C)cc1Cl. The van der Waals surface area contributed by atoms with E-state index in [2.05, 4.69) is 10.2 Å². The normalized spacial score (nSPS) is 10.4. The molecule has 0 unspecified atom stereocenters. The number of rotatable bonds is 1. The van der Waals surface area contributed by atoms with E-state index in [-0.39, 0.29) is 0 Å². The standard InChI is InChI=1S/C12H12ClN3/c1-7-6-10(13)8(2)5-9(7)11-3-4-12(14)16-15-11/h3-6H,1-2H3,(H2,14,16). The van der Waals surface area contributed by atoms with Gasteiger partial charge in [-0.25, -0.2) is 0 Å². The minimum atomic E-state index is 0.423. The molecule has 0 saturated carbocycles. The molecule has 16 heavy (non-hydrogen) atoms. The number of hydrogen-bond donors (Lipinski definition) is 1. The van der Waals surface area contributed by atoms with Crippen LogP contribution in [0.2, 0.25) is 5.02 Å². The summed E-state index contributed by atoms with van der Waals surface area (Å²) in [6.07, 6.45) is 0. The van der Waals surface area contributed by atoms with Gasteiger partial charge in [0.2, 0.25) is 0 Å². The van der Waals surface area contributed by atoms with Crippen LogP contribution in [0.4, 0.5) is 5.82 Å². The van der Waals surface area contributed by atoms with Gasteiger partial charge in [0.1, 0.15) is 5.82 Å². The van der Waals surface area contributed by atoms with E-state index in [1.54, 1.807) is 6.07 Å². The number of hydrogen-bond acceptors (Lipinski definition) is 3. The molecular formula is C12H12ClN3. The predicted molar refractivity (Wildman–Crippen MR) is 66.4 cm³/mol. The summed E-state index contributed by atoms with van der Waals surface area (Å²) in [6.45, 7) is 3.97. The molecule has 3 nitrogen and oxygen atoms in total. The number of nitrogens with two attached hydrogens (primary N) is 1. The minimum Gasteiger partial charge on any atom is -0.382 e. The topological polar surface area (TPSA) is 51.8 Å². The van der Waals surface area contributed by atoms with Gasteiger partial charge in [-0.1, -0.05) is 11.6 Å². The molecule has 0 spiro atoms. The molecule has 4 heteroatoms. The molecule has 1 aromatic carbocycles. The smallest absolute Gasteiger partial charge is 0.146 e. The first-order valence-corrected chi connectivity index (χ1v) is 5.32. The van der Waals surface area contributed by atoms with E-state index >= 15 is 0 Å². The maximum atomic E-state index is 6.04. The molecule has 0 aliphatic carbocycles. The number of benzene rings is 1. The van der Waals surface area contributed by atoms with Gasteiger partial charge in [-0.3, -0.25) is 0 Å². The van der Waals surface area contributed by atoms with Gasteiger partial charge in [0.05, 0.1) is 5.69 Å². The van der Waals surface area contributed by atoms with Crippen molar-refractivity contribution < 1.29 is 0 Å². The second-order valence-electron chi connectivity index (χ2n) is 3.76. The lowest BCUT2D eigenvalue weighted by Gasteiger charge is -2.07. The van der Waals surface area contributed by atoms with Crippen LogP contribution in [0.5, 0.6) is 0 Å². The Bertz CT molecular complexity index is 521. The molecule has 0 bridgehead atoms. The first kappa shape index (κ1) is 10.9. The van der Waals surface area contributed by atoms with Crippen LogP contribution < -0.4 is 5.73 Å². The molecule has 2 rings (SSSR count). The molecule has 0 atom stereocenters. The lowest BCUT2D eigenvalue weighted by atomic mass is 10.0. The van der Waals surface area contributed by atoms with E-state index in [1.807, 2.05) is 32.0 Å². The molecule has 2 N–H and O–H groups in total. The summed E-state index contributed by atoms with van der Waals surface area (Å²) in [5.74, 6) is 0.423. The quantitative estimate of drug-likeness (QED) is 0.824. The lowest BCUT2D eigenvalue weighted by Crippen LogP contribution is -1.95. The van der Waals surface area contributed by atoms with Gasteiger partial charge in [0.15, 0.2) is 0 Å². The van der Waals surface area contributed by atoms with Crippen molar-refractivity contribution in [3.8, 4) is 11.3 Å². The molecule has 0 radical (unpaired) electrons. The van der Waals surface area contributed by atoms with Crippen LogP contribution in [0.1, 0.15) is 11.1 Å². The van der Waals surface area contributed by atoms with Gasteiger partial charge in [-0.15, -0.1) is 10.2 Å². The Morgan fingerprint density at radius 1 is 1.06 bits per heavy atom. The third kappa shape index (κ3) is 1.99. The Labute approximate surface area is 99.3 Å². The van der Waals surface area contributed by atoms with Crippen LogP contribution >= 0.6 is 11.6 Å². The summed E-state index contributed by atoms with van der Waals surface area (Å²) in [5, 5.41) is 8.67. The van der Waals surface area contributed by atoms with Crippen molar-refractivity contribution in [1.82, 2.24) is 10.2 Å². The van der Waals surface area contributed by atoms with Gasteiger partial charge in [-0.05, 0) is 49.2 Å². The van der Waals surface area contributed by atoms with Crippen molar-refractivity contribution in [2.75, 3.05) is 5.73 Å². The highest BCUT2D eigenvalue weighted by molar-refractivity contribution is 6.31. The van der Waals surface area contributed by atoms with E-state index in [1.165, 1.54) is 0 Å². The van der Waals surface area contributed by atoms with Crippen LogP contribution in [0.15, 0.2) is 24.3 Å². The van der Waals surface area contributed by atoms with Gasteiger partial charge >= 0.3 is 0 Å². The number of nitrogens with zero attached hydrogens (tertiary/aromatic N) is 2. The van der Waals surface area contributed by atoms with E-state index < -0.39 is 0 Å². The average molecular weight is 234 g/mol. The number of aromatic nitrogens is 2. The molecule has 0 amide bonds. The summed E-state index contributed by atoms with van der Waals surface area (Å²) in [7, 11) is 0. The zero-order valence-electron chi connectivity index (χ0n) is 9.16. The minimum absolute atomic E-state index is 0.423. The Morgan fingerprint density at radius 3 is 2.44 bits per heavy atom. The van der Waals surface area contributed by atoms with Crippen LogP contribution in [0.3, 0.4) is 0 Å². The van der Waals surface area contributed by atoms with Crippen molar-refractivity contribution in [3.05, 3.63) is 40.4 Å². The van der Waals surface area contributed by atoms with Crippen molar-refractivity contribution in [2.45, 2.75) is 13.8 Å². The van der Waals surface area contributed by atoms with Crippen molar-refractivity contribution >= 4 is 17.4 Å². The third-order valence-corrected chi connectivity index (χ3v) is 2.87.